The molecule has 0 saturated carbocycles. The van der Waals surface area contributed by atoms with Crippen molar-refractivity contribution < 1.29 is 73.0 Å². The summed E-state index contributed by atoms with van der Waals surface area (Å²) in [6.07, 6.45) is 16.1. The Balaban J connectivity index is 0.000000175. The summed E-state index contributed by atoms with van der Waals surface area (Å²) in [6, 6.07) is 21.5. The highest BCUT2D eigenvalue weighted by molar-refractivity contribution is 7.88. The molecule has 0 spiro atoms. The molecule has 0 amide bonds. The number of alkyl halides is 3. The Morgan fingerprint density at radius 1 is 0.412 bits per heavy atom. The van der Waals surface area contributed by atoms with E-state index >= 15 is 0 Å². The average Bonchev–Trinajstić information content (AvgIpc) is 1.61. The maximum absolute atomic E-state index is 12.7. The molecule has 0 aliphatic carbocycles. The van der Waals surface area contributed by atoms with Gasteiger partial charge in [-0.3, -0.25) is 0 Å². The molecule has 14 rings (SSSR count). The van der Waals surface area contributed by atoms with Crippen LogP contribution in [0.1, 0.15) is 190 Å². The first-order valence-corrected chi connectivity index (χ1v) is 46.9. The van der Waals surface area contributed by atoms with Crippen LogP contribution in [0.25, 0.3) is 56.3 Å². The fourth-order valence-corrected chi connectivity index (χ4v) is 19.5. The first-order valence-electron chi connectivity index (χ1n) is 45.1. The zero-order valence-corrected chi connectivity index (χ0v) is 85.5. The lowest BCUT2D eigenvalue weighted by Crippen LogP contribution is -2.62. The molecule has 4 N–H and O–H groups in total. The summed E-state index contributed by atoms with van der Waals surface area (Å²) < 4.78 is 120. The number of benzene rings is 4. The fourth-order valence-electron chi connectivity index (χ4n) is 18.9. The summed E-state index contributed by atoms with van der Waals surface area (Å²) in [5.41, 5.74) is 0.885. The number of piperidine rings is 4. The number of methoxy groups -OCH3 is 4. The second-order valence-corrected chi connectivity index (χ2v) is 43.6. The van der Waals surface area contributed by atoms with Gasteiger partial charge in [0.1, 0.15) is 57.2 Å². The lowest BCUT2D eigenvalue weighted by molar-refractivity contribution is -0.0500. The third-order valence-electron chi connectivity index (χ3n) is 24.6. The maximum atomic E-state index is 12.7. The minimum Gasteiger partial charge on any atom is -0.467 e. The molecule has 42 heteroatoms. The van der Waals surface area contributed by atoms with Crippen molar-refractivity contribution in [1.82, 2.24) is 97.0 Å². The van der Waals surface area contributed by atoms with Gasteiger partial charge in [-0.25, -0.2) is 19.9 Å². The summed E-state index contributed by atoms with van der Waals surface area (Å²) in [5.74, 6) is 3.43. The molecule has 0 unspecified atom stereocenters. The summed E-state index contributed by atoms with van der Waals surface area (Å²) in [7, 11) is 9.56. The Morgan fingerprint density at radius 2 is 0.706 bits per heavy atom. The predicted molar refractivity (Wildman–Crippen MR) is 518 cm³/mol. The molecule has 5 aliphatic rings. The third kappa shape index (κ3) is 27.7. The van der Waals surface area contributed by atoms with Gasteiger partial charge in [0.05, 0.1) is 42.2 Å². The van der Waals surface area contributed by atoms with Gasteiger partial charge in [0.2, 0.25) is 23.8 Å². The second-order valence-electron chi connectivity index (χ2n) is 41.6. The van der Waals surface area contributed by atoms with Crippen molar-refractivity contribution in [3.63, 3.8) is 0 Å². The van der Waals surface area contributed by atoms with Crippen LogP contribution in [-0.4, -0.2) is 260 Å². The number of hydrogen-bond donors (Lipinski definition) is 4. The molecular formula is C94H136BClF3N23O13S. The Bertz CT molecular complexity index is 5540. The van der Waals surface area contributed by atoms with Crippen LogP contribution in [0.2, 0.25) is 5.02 Å². The Kier molecular flexibility index (Phi) is 33.1. The number of anilines is 4. The van der Waals surface area contributed by atoms with E-state index in [4.69, 9.17) is 58.8 Å². The van der Waals surface area contributed by atoms with E-state index in [1.54, 1.807) is 65.3 Å². The van der Waals surface area contributed by atoms with Crippen LogP contribution in [-0.2, 0) is 45.4 Å². The molecule has 0 radical (unpaired) electrons. The van der Waals surface area contributed by atoms with Crippen molar-refractivity contribution >= 4 is 58.1 Å². The van der Waals surface area contributed by atoms with Crippen LogP contribution < -0.4 is 69.5 Å². The van der Waals surface area contributed by atoms with E-state index in [9.17, 15) is 21.6 Å². The second kappa shape index (κ2) is 42.3. The van der Waals surface area contributed by atoms with Gasteiger partial charge in [-0.2, -0.15) is 36.6 Å². The van der Waals surface area contributed by atoms with Crippen LogP contribution in [0.5, 0.6) is 28.7 Å². The van der Waals surface area contributed by atoms with Gasteiger partial charge in [-0.15, -0.1) is 40.8 Å². The first-order chi connectivity index (χ1) is 63.3. The van der Waals surface area contributed by atoms with E-state index in [0.29, 0.717) is 86.8 Å². The molecule has 4 aromatic carbocycles. The van der Waals surface area contributed by atoms with E-state index < -0.39 is 39.7 Å². The highest BCUT2D eigenvalue weighted by Gasteiger charge is 2.53. The molecule has 742 valence electrons. The molecule has 5 fully saturated rings. The van der Waals surface area contributed by atoms with Gasteiger partial charge in [-0.05, 0) is 250 Å². The molecule has 5 saturated heterocycles. The van der Waals surface area contributed by atoms with Crippen LogP contribution in [0.3, 0.4) is 0 Å². The number of nitrogens with zero attached hydrogens (tertiary/aromatic N) is 19. The molecule has 5 aliphatic heterocycles. The van der Waals surface area contributed by atoms with Gasteiger partial charge in [0.15, 0.2) is 27.2 Å². The fraction of sp³-hybridized carbons (Fsp3) is 0.596. The van der Waals surface area contributed by atoms with Gasteiger partial charge in [-0.1, -0.05) is 23.7 Å². The van der Waals surface area contributed by atoms with Crippen molar-refractivity contribution in [3.05, 3.63) is 109 Å². The van der Waals surface area contributed by atoms with Gasteiger partial charge in [0.25, 0.3) is 0 Å². The van der Waals surface area contributed by atoms with E-state index in [0.717, 1.165) is 96.9 Å². The molecule has 36 nitrogen and oxygen atoms in total. The minimum absolute atomic E-state index is 0.0224. The summed E-state index contributed by atoms with van der Waals surface area (Å²) in [6.45, 7) is 43.7. The van der Waals surface area contributed by atoms with Gasteiger partial charge >= 0.3 is 22.7 Å². The van der Waals surface area contributed by atoms with Crippen molar-refractivity contribution in [2.75, 3.05) is 103 Å². The van der Waals surface area contributed by atoms with Crippen molar-refractivity contribution in [3.8, 4) is 85.0 Å². The molecule has 0 bridgehead atoms. The zero-order chi connectivity index (χ0) is 99.9. The number of hydrogen-bond acceptors (Lipinski definition) is 35. The highest BCUT2D eigenvalue weighted by Crippen LogP contribution is 2.43. The lowest BCUT2D eigenvalue weighted by atomic mass is 9.78. The van der Waals surface area contributed by atoms with Crippen LogP contribution in [0, 0.1) is 0 Å². The minimum atomic E-state index is -5.85. The van der Waals surface area contributed by atoms with Crippen molar-refractivity contribution in [2.45, 2.75) is 275 Å². The largest absolute Gasteiger partial charge is 0.534 e. The van der Waals surface area contributed by atoms with Crippen LogP contribution in [0.4, 0.5) is 37.0 Å². The zero-order valence-electron chi connectivity index (χ0n) is 83.9. The van der Waals surface area contributed by atoms with Crippen LogP contribution >= 0.6 is 11.6 Å². The maximum Gasteiger partial charge on any atom is 0.534 e. The average molecular weight is 1930 g/mol. The van der Waals surface area contributed by atoms with Crippen molar-refractivity contribution in [1.29, 1.82) is 0 Å². The molecule has 5 aromatic heterocycles. The molecule has 10 heterocycles. The SMILES string of the molecule is COCOc1cc(-c2cnn(C)n2)ccc1-c1cnc(N(C)C2CC(C)(C)NC(C)(C)C2)nn1.COCOc1cc(B2OC(C)(C)C(C)(C)O2)ccc1-c1cnc(N(C)C2CC(C)(C)NC(C)(C)C2)nn1.COCOc1cc(Cl)ccc1-c1cnc(N(C)C2CC(C)(C)NC(C)(C)C2)nn1.COCOc1cc(OS(=O)(=O)C(F)(F)F)ccc1-c1cnc(N(C)C2CC(C)(C)NC(C)(C)C2)nn1. The third-order valence-corrected chi connectivity index (χ3v) is 25.8. The lowest BCUT2D eigenvalue weighted by Gasteiger charge is -2.48. The number of halogens is 4. The number of nitrogens with one attached hydrogen (secondary N) is 4. The Hall–Kier alpha value is -10.0. The monoisotopic (exact) mass is 1930 g/mol. The van der Waals surface area contributed by atoms with E-state index in [-0.39, 0.29) is 89.0 Å². The summed E-state index contributed by atoms with van der Waals surface area (Å²) in [5, 5.41) is 59.1. The Morgan fingerprint density at radius 3 is 1.00 bits per heavy atom. The van der Waals surface area contributed by atoms with Gasteiger partial charge < -0.3 is 92.3 Å². The standard InChI is InChI=1S/C27H42BN5O4.C24H34N8O2.C22H30F3N5O5S.C21H30ClN5O2/c1-24(2)14-19(15-25(3,4)32-24)33(9)23-29-16-21(30-31-23)20-12-11-18(13-22(20)35-17-34-10)28-36-26(5,6)27(7,8)37-28;1-23(2)11-17(12-24(3,4)30-23)31(5)22-25-13-20(27-28-22)18-9-8-16(10-21(18)34-15-33-7)19-14-26-32(6)29-19;1-20(2)10-14(11-21(3,4)29-20)30(5)19-26-12-17(27-28-19)16-8-7-15(9-18(16)34-13-33-6)35-36(31,32)22(23,24)25;1-20(2)10-15(11-21(3,4)26-20)27(5)19-23-12-17(24-25-19)16-8-7-14(22)9-18(16)29-13-28-6/h11-13,16,19,32H,14-15,17H2,1-10H3;8-10,13-14,17,30H,11-12,15H2,1-7H3;7-9,12,14,29H,10-11,13H2,1-6H3;7-9,12,15,26H,10-11,13H2,1-6H3. The highest BCUT2D eigenvalue weighted by atomic mass is 35.5. The Labute approximate surface area is 803 Å². The smallest absolute Gasteiger partial charge is 0.467 e. The number of rotatable bonds is 28. The van der Waals surface area contributed by atoms with Crippen molar-refractivity contribution in [2.24, 2.45) is 7.05 Å². The molecule has 9 aromatic rings. The molecule has 0 atom stereocenters. The van der Waals surface area contributed by atoms with E-state index in [2.05, 4.69) is 222 Å². The normalized spacial score (nSPS) is 19.1. The topological polar surface area (TPSA) is 382 Å². The van der Waals surface area contributed by atoms with Gasteiger partial charge in [0, 0.05) is 171 Å². The van der Waals surface area contributed by atoms with E-state index in [1.165, 1.54) is 24.2 Å². The quantitative estimate of drug-likeness (QED) is 0.0153. The van der Waals surface area contributed by atoms with E-state index in [1.807, 2.05) is 103 Å². The number of aryl methyl sites for hydroxylation is 1. The summed E-state index contributed by atoms with van der Waals surface area (Å²) >= 11 is 6.10. The number of ether oxygens (including phenoxy) is 8. The summed E-state index contributed by atoms with van der Waals surface area (Å²) in [4.78, 5) is 28.3. The number of aromatic nitrogens is 15. The molecular weight excluding hydrogens is 1790 g/mol. The van der Waals surface area contributed by atoms with Crippen LogP contribution in [0.15, 0.2) is 104 Å². The first kappa shape index (κ1) is 106. The predicted octanol–water partition coefficient (Wildman–Crippen LogP) is 14.0. The molecule has 136 heavy (non-hydrogen) atoms.